The van der Waals surface area contributed by atoms with Gasteiger partial charge in [-0.2, -0.15) is 0 Å². The summed E-state index contributed by atoms with van der Waals surface area (Å²) < 4.78 is 1.17. The van der Waals surface area contributed by atoms with E-state index in [1.165, 1.54) is 15.6 Å². The Morgan fingerprint density at radius 2 is 1.96 bits per heavy atom. The monoisotopic (exact) mass is 363 g/mol. The Hall–Kier alpha value is -2.66. The topological polar surface area (TPSA) is 49.0 Å². The number of rotatable bonds is 6. The number of fused-ring (bicyclic) bond motifs is 2. The zero-order chi connectivity index (χ0) is 17.9. The van der Waals surface area contributed by atoms with E-state index in [2.05, 4.69) is 40.4 Å². The fourth-order valence-electron chi connectivity index (χ4n) is 3.24. The molecule has 2 heterocycles. The van der Waals surface area contributed by atoms with Gasteiger partial charge in [0, 0.05) is 30.6 Å². The second kappa shape index (κ2) is 7.30. The molecule has 5 heteroatoms. The first-order valence-electron chi connectivity index (χ1n) is 8.84. The molecule has 0 saturated heterocycles. The van der Waals surface area contributed by atoms with Gasteiger partial charge in [-0.05, 0) is 36.6 Å². The molecule has 2 aromatic carbocycles. The van der Waals surface area contributed by atoms with E-state index in [1.807, 2.05) is 31.3 Å². The van der Waals surface area contributed by atoms with Crippen LogP contribution in [-0.4, -0.2) is 27.8 Å². The molecule has 0 bridgehead atoms. The number of carbonyl (C=O) groups excluding carboxylic acids is 1. The average molecular weight is 363 g/mol. The van der Waals surface area contributed by atoms with Gasteiger partial charge in [0.2, 0.25) is 5.91 Å². The highest BCUT2D eigenvalue weighted by Crippen LogP contribution is 2.23. The van der Waals surface area contributed by atoms with Crippen LogP contribution >= 0.6 is 11.3 Å². The van der Waals surface area contributed by atoms with Crippen molar-refractivity contribution in [3.63, 3.8) is 0 Å². The van der Waals surface area contributed by atoms with Gasteiger partial charge in [-0.15, -0.1) is 11.3 Å². The summed E-state index contributed by atoms with van der Waals surface area (Å²) >= 11 is 1.66. The molecule has 0 aliphatic heterocycles. The normalized spacial score (nSPS) is 11.3. The number of para-hydroxylation sites is 2. The highest BCUT2D eigenvalue weighted by Gasteiger charge is 2.12. The lowest BCUT2D eigenvalue weighted by molar-refractivity contribution is -0.130. The second-order valence-electron chi connectivity index (χ2n) is 6.54. The molecule has 1 N–H and O–H groups in total. The predicted molar refractivity (Wildman–Crippen MR) is 107 cm³/mol. The quantitative estimate of drug-likeness (QED) is 0.537. The van der Waals surface area contributed by atoms with Crippen LogP contribution in [0.5, 0.6) is 0 Å². The molecule has 0 fully saturated rings. The number of amides is 1. The third-order valence-electron chi connectivity index (χ3n) is 4.65. The number of H-pyrrole nitrogens is 1. The largest absolute Gasteiger partial charge is 0.361 e. The number of thiazole rings is 1. The Labute approximate surface area is 156 Å². The number of nitrogens with one attached hydrogen (secondary N) is 1. The average Bonchev–Trinajstić information content (AvgIpc) is 3.25. The first-order valence-corrected chi connectivity index (χ1v) is 9.66. The van der Waals surface area contributed by atoms with Crippen molar-refractivity contribution in [2.75, 3.05) is 7.05 Å². The zero-order valence-electron chi connectivity index (χ0n) is 14.7. The summed E-state index contributed by atoms with van der Waals surface area (Å²) in [6, 6.07) is 16.4. The molecule has 26 heavy (non-hydrogen) atoms. The van der Waals surface area contributed by atoms with Gasteiger partial charge in [0.15, 0.2) is 0 Å². The first kappa shape index (κ1) is 16.8. The molecule has 0 saturated carbocycles. The number of hydrogen-bond acceptors (Lipinski definition) is 3. The van der Waals surface area contributed by atoms with Crippen LogP contribution in [0, 0.1) is 0 Å². The molecule has 132 valence electrons. The number of aromatic amines is 1. The zero-order valence-corrected chi connectivity index (χ0v) is 15.6. The molecule has 0 aliphatic rings. The van der Waals surface area contributed by atoms with Crippen molar-refractivity contribution in [1.29, 1.82) is 0 Å². The van der Waals surface area contributed by atoms with Gasteiger partial charge in [-0.25, -0.2) is 4.98 Å². The number of aryl methyl sites for hydroxylation is 1. The molecule has 0 radical (unpaired) electrons. The minimum atomic E-state index is 0.170. The lowest BCUT2D eigenvalue weighted by Crippen LogP contribution is -2.25. The van der Waals surface area contributed by atoms with Crippen LogP contribution in [0.3, 0.4) is 0 Å². The Balaban J connectivity index is 1.32. The van der Waals surface area contributed by atoms with Crippen LogP contribution in [0.2, 0.25) is 0 Å². The van der Waals surface area contributed by atoms with E-state index in [0.29, 0.717) is 13.0 Å². The molecule has 1 amide bonds. The van der Waals surface area contributed by atoms with Crippen LogP contribution in [0.25, 0.3) is 21.1 Å². The fourth-order valence-corrected chi connectivity index (χ4v) is 4.26. The molecule has 0 atom stereocenters. The smallest absolute Gasteiger partial charge is 0.222 e. The molecule has 4 nitrogen and oxygen atoms in total. The summed E-state index contributed by atoms with van der Waals surface area (Å²) in [5, 5.41) is 2.24. The molecule has 0 aliphatic carbocycles. The third kappa shape index (κ3) is 3.48. The second-order valence-corrected chi connectivity index (χ2v) is 7.65. The molecule has 2 aromatic heterocycles. The number of benzene rings is 2. The summed E-state index contributed by atoms with van der Waals surface area (Å²) in [6.45, 7) is 0.575. The van der Waals surface area contributed by atoms with E-state index in [0.717, 1.165) is 28.9 Å². The summed E-state index contributed by atoms with van der Waals surface area (Å²) in [7, 11) is 1.86. The Morgan fingerprint density at radius 1 is 1.15 bits per heavy atom. The number of carbonyl (C=O) groups is 1. The van der Waals surface area contributed by atoms with E-state index in [1.54, 1.807) is 16.2 Å². The van der Waals surface area contributed by atoms with Crippen molar-refractivity contribution in [1.82, 2.24) is 14.9 Å². The molecule has 0 unspecified atom stereocenters. The van der Waals surface area contributed by atoms with E-state index in [9.17, 15) is 4.79 Å². The van der Waals surface area contributed by atoms with Crippen LogP contribution in [-0.2, 0) is 17.8 Å². The fraction of sp³-hybridized carbons (Fsp3) is 0.238. The van der Waals surface area contributed by atoms with Gasteiger partial charge < -0.3 is 9.88 Å². The standard InChI is InChI=1S/C21H21N3OS/c1-24(14-20-23-18-10-4-5-11-19(18)26-20)21(25)12-6-7-15-13-22-17-9-3-2-8-16(15)17/h2-5,8-11,13,22H,6-7,12,14H2,1H3. The highest BCUT2D eigenvalue weighted by molar-refractivity contribution is 7.18. The van der Waals surface area contributed by atoms with Crippen molar-refractivity contribution < 1.29 is 4.79 Å². The molecule has 4 aromatic rings. The van der Waals surface area contributed by atoms with E-state index in [4.69, 9.17) is 0 Å². The molecule has 4 rings (SSSR count). The molecular formula is C21H21N3OS. The lowest BCUT2D eigenvalue weighted by atomic mass is 10.1. The van der Waals surface area contributed by atoms with Crippen LogP contribution in [0.4, 0.5) is 0 Å². The summed E-state index contributed by atoms with van der Waals surface area (Å²) in [5.74, 6) is 0.170. The summed E-state index contributed by atoms with van der Waals surface area (Å²) in [5.41, 5.74) is 3.44. The number of aromatic nitrogens is 2. The minimum absolute atomic E-state index is 0.170. The Kier molecular flexibility index (Phi) is 4.71. The highest BCUT2D eigenvalue weighted by atomic mass is 32.1. The van der Waals surface area contributed by atoms with Crippen molar-refractivity contribution in [2.24, 2.45) is 0 Å². The maximum atomic E-state index is 12.4. The lowest BCUT2D eigenvalue weighted by Gasteiger charge is -2.15. The van der Waals surface area contributed by atoms with Gasteiger partial charge in [0.05, 0.1) is 16.8 Å². The molecule has 0 spiro atoms. The number of nitrogens with zero attached hydrogens (tertiary/aromatic N) is 2. The Morgan fingerprint density at radius 3 is 2.85 bits per heavy atom. The van der Waals surface area contributed by atoms with Gasteiger partial charge >= 0.3 is 0 Å². The maximum absolute atomic E-state index is 12.4. The maximum Gasteiger partial charge on any atom is 0.222 e. The Bertz CT molecular complexity index is 1020. The minimum Gasteiger partial charge on any atom is -0.361 e. The van der Waals surface area contributed by atoms with Crippen LogP contribution < -0.4 is 0 Å². The van der Waals surface area contributed by atoms with Crippen molar-refractivity contribution in [2.45, 2.75) is 25.8 Å². The van der Waals surface area contributed by atoms with Crippen LogP contribution in [0.1, 0.15) is 23.4 Å². The SMILES string of the molecule is CN(Cc1nc2ccccc2s1)C(=O)CCCc1c[nH]c2ccccc12. The number of hydrogen-bond donors (Lipinski definition) is 1. The van der Waals surface area contributed by atoms with E-state index in [-0.39, 0.29) is 5.91 Å². The van der Waals surface area contributed by atoms with Crippen LogP contribution in [0.15, 0.2) is 54.7 Å². The third-order valence-corrected chi connectivity index (χ3v) is 5.67. The van der Waals surface area contributed by atoms with Crippen molar-refractivity contribution >= 4 is 38.4 Å². The van der Waals surface area contributed by atoms with Gasteiger partial charge in [0.25, 0.3) is 0 Å². The predicted octanol–water partition coefficient (Wildman–Crippen LogP) is 4.76. The van der Waals surface area contributed by atoms with E-state index >= 15 is 0 Å². The first-order chi connectivity index (χ1) is 12.7. The summed E-state index contributed by atoms with van der Waals surface area (Å²) in [6.07, 6.45) is 4.37. The molecular weight excluding hydrogens is 342 g/mol. The van der Waals surface area contributed by atoms with Gasteiger partial charge in [-0.3, -0.25) is 4.79 Å². The summed E-state index contributed by atoms with van der Waals surface area (Å²) in [4.78, 5) is 22.1. The van der Waals surface area contributed by atoms with Gasteiger partial charge in [-0.1, -0.05) is 30.3 Å². The van der Waals surface area contributed by atoms with E-state index < -0.39 is 0 Å². The van der Waals surface area contributed by atoms with Crippen molar-refractivity contribution in [3.8, 4) is 0 Å². The van der Waals surface area contributed by atoms with Crippen molar-refractivity contribution in [3.05, 3.63) is 65.3 Å². The van der Waals surface area contributed by atoms with Gasteiger partial charge in [0.1, 0.15) is 5.01 Å².